The van der Waals surface area contributed by atoms with Crippen LogP contribution in [0.25, 0.3) is 5.52 Å². The maximum Gasteiger partial charge on any atom is 0.272 e. The highest BCUT2D eigenvalue weighted by Gasteiger charge is 2.54. The van der Waals surface area contributed by atoms with E-state index in [9.17, 15) is 14.7 Å². The number of ether oxygens (including phenoxy) is 2. The van der Waals surface area contributed by atoms with E-state index in [0.29, 0.717) is 16.8 Å². The van der Waals surface area contributed by atoms with Crippen LogP contribution in [0.4, 0.5) is 0 Å². The van der Waals surface area contributed by atoms with Gasteiger partial charge in [0.25, 0.3) is 11.8 Å². The number of aliphatic hydroxyl groups is 1. The van der Waals surface area contributed by atoms with Crippen LogP contribution in [0, 0.1) is 5.41 Å². The Balaban J connectivity index is 1.13. The number of nitrogens with two attached hydrogens (primary N) is 1. The summed E-state index contributed by atoms with van der Waals surface area (Å²) >= 11 is 0. The molecule has 2 aliphatic carbocycles. The Bertz CT molecular complexity index is 1270. The van der Waals surface area contributed by atoms with Crippen LogP contribution >= 0.6 is 0 Å². The van der Waals surface area contributed by atoms with E-state index < -0.39 is 11.5 Å². The minimum absolute atomic E-state index is 0.0384. The van der Waals surface area contributed by atoms with Crippen molar-refractivity contribution in [2.45, 2.75) is 57.3 Å². The molecule has 3 aromatic heterocycles. The Morgan fingerprint density at radius 3 is 2.69 bits per heavy atom. The Hall–Kier alpha value is -3.73. The number of primary amides is 1. The zero-order chi connectivity index (χ0) is 24.8. The molecule has 0 saturated heterocycles. The summed E-state index contributed by atoms with van der Waals surface area (Å²) in [4.78, 5) is 32.4. The summed E-state index contributed by atoms with van der Waals surface area (Å²) in [5.74, 6) is -0.102. The third kappa shape index (κ3) is 4.76. The van der Waals surface area contributed by atoms with Crippen LogP contribution in [0.1, 0.15) is 60.4 Å². The van der Waals surface area contributed by atoms with E-state index in [4.69, 9.17) is 15.2 Å². The topological polar surface area (TPSA) is 154 Å². The van der Waals surface area contributed by atoms with Gasteiger partial charge >= 0.3 is 0 Å². The molecule has 0 bridgehead atoms. The van der Waals surface area contributed by atoms with Gasteiger partial charge in [0.15, 0.2) is 5.69 Å². The van der Waals surface area contributed by atoms with Crippen molar-refractivity contribution in [2.24, 2.45) is 11.1 Å². The SMILES string of the molecule is CC(C)(O)COc1ccc2c(C(=O)NC3CC4(C3)CC(Oc3nccnc3C(N)=O)C4)cnn2c1. The molecule has 2 aliphatic rings. The average Bonchev–Trinajstić information content (AvgIpc) is 3.17. The molecule has 0 atom stereocenters. The third-order valence-corrected chi connectivity index (χ3v) is 6.52. The first-order chi connectivity index (χ1) is 16.6. The lowest BCUT2D eigenvalue weighted by atomic mass is 9.53. The number of nitrogens with zero attached hydrogens (tertiary/aromatic N) is 4. The number of aromatic nitrogens is 4. The summed E-state index contributed by atoms with van der Waals surface area (Å²) in [7, 11) is 0. The highest BCUT2D eigenvalue weighted by molar-refractivity contribution is 6.00. The fourth-order valence-corrected chi connectivity index (χ4v) is 4.90. The molecular weight excluding hydrogens is 452 g/mol. The van der Waals surface area contributed by atoms with E-state index in [0.717, 1.165) is 25.7 Å². The van der Waals surface area contributed by atoms with Gasteiger partial charge in [-0.15, -0.1) is 0 Å². The smallest absolute Gasteiger partial charge is 0.272 e. The molecule has 11 nitrogen and oxygen atoms in total. The predicted octanol–water partition coefficient (Wildman–Crippen LogP) is 1.49. The van der Waals surface area contributed by atoms with Gasteiger partial charge in [-0.1, -0.05) is 0 Å². The number of hydrogen-bond donors (Lipinski definition) is 3. The van der Waals surface area contributed by atoms with Crippen molar-refractivity contribution in [3.63, 3.8) is 0 Å². The summed E-state index contributed by atoms with van der Waals surface area (Å²) < 4.78 is 13.0. The second kappa shape index (κ2) is 8.49. The van der Waals surface area contributed by atoms with Crippen LogP contribution < -0.4 is 20.5 Å². The van der Waals surface area contributed by atoms with Crippen LogP contribution in [0.3, 0.4) is 0 Å². The highest BCUT2D eigenvalue weighted by Crippen LogP contribution is 2.56. The predicted molar refractivity (Wildman–Crippen MR) is 124 cm³/mol. The molecule has 0 radical (unpaired) electrons. The highest BCUT2D eigenvalue weighted by atomic mass is 16.5. The molecule has 11 heteroatoms. The van der Waals surface area contributed by atoms with Gasteiger partial charge < -0.3 is 25.6 Å². The van der Waals surface area contributed by atoms with Crippen molar-refractivity contribution >= 4 is 17.3 Å². The van der Waals surface area contributed by atoms with Gasteiger partial charge in [0.2, 0.25) is 5.88 Å². The van der Waals surface area contributed by atoms with E-state index in [1.165, 1.54) is 12.4 Å². The molecular formula is C24H28N6O5. The molecule has 0 aromatic carbocycles. The Labute approximate surface area is 201 Å². The molecule has 2 fully saturated rings. The quantitative estimate of drug-likeness (QED) is 0.438. The largest absolute Gasteiger partial charge is 0.489 e. The van der Waals surface area contributed by atoms with Crippen LogP contribution in [0.15, 0.2) is 36.9 Å². The summed E-state index contributed by atoms with van der Waals surface area (Å²) in [5, 5.41) is 17.2. The molecule has 3 aromatic rings. The van der Waals surface area contributed by atoms with Gasteiger partial charge in [0, 0.05) is 18.4 Å². The van der Waals surface area contributed by atoms with Crippen molar-refractivity contribution < 1.29 is 24.2 Å². The third-order valence-electron chi connectivity index (χ3n) is 6.52. The number of amides is 2. The zero-order valence-corrected chi connectivity index (χ0v) is 19.6. The van der Waals surface area contributed by atoms with E-state index in [1.54, 1.807) is 42.9 Å². The number of rotatable bonds is 8. The fraction of sp³-hybridized carbons (Fsp3) is 0.458. The van der Waals surface area contributed by atoms with Crippen LogP contribution in [0.5, 0.6) is 11.6 Å². The van der Waals surface area contributed by atoms with Gasteiger partial charge in [-0.3, -0.25) is 9.59 Å². The number of carbonyl (C=O) groups excluding carboxylic acids is 2. The normalized spacial score (nSPS) is 23.4. The Kier molecular flexibility index (Phi) is 5.59. The van der Waals surface area contributed by atoms with Crippen LogP contribution in [-0.4, -0.2) is 60.9 Å². The summed E-state index contributed by atoms with van der Waals surface area (Å²) in [6.07, 6.45) is 9.46. The van der Waals surface area contributed by atoms with Gasteiger partial charge in [-0.2, -0.15) is 5.10 Å². The molecule has 184 valence electrons. The van der Waals surface area contributed by atoms with Crippen molar-refractivity contribution in [3.8, 4) is 11.6 Å². The molecule has 5 rings (SSSR count). The molecule has 3 heterocycles. The van der Waals surface area contributed by atoms with Gasteiger partial charge in [-0.05, 0) is 57.1 Å². The van der Waals surface area contributed by atoms with E-state index in [-0.39, 0.29) is 41.6 Å². The first-order valence-corrected chi connectivity index (χ1v) is 11.5. The van der Waals surface area contributed by atoms with Crippen molar-refractivity contribution in [1.82, 2.24) is 24.9 Å². The first kappa shape index (κ1) is 23.0. The maximum absolute atomic E-state index is 12.9. The number of fused-ring (bicyclic) bond motifs is 1. The van der Waals surface area contributed by atoms with E-state index in [2.05, 4.69) is 20.4 Å². The molecule has 0 unspecified atom stereocenters. The summed E-state index contributed by atoms with van der Waals surface area (Å²) in [5.41, 5.74) is 5.75. The van der Waals surface area contributed by atoms with E-state index in [1.807, 2.05) is 0 Å². The molecule has 4 N–H and O–H groups in total. The number of nitrogens with one attached hydrogen (secondary N) is 1. The van der Waals surface area contributed by atoms with Gasteiger partial charge in [0.1, 0.15) is 18.5 Å². The number of pyridine rings is 1. The van der Waals surface area contributed by atoms with Crippen LogP contribution in [-0.2, 0) is 0 Å². The van der Waals surface area contributed by atoms with Gasteiger partial charge in [-0.25, -0.2) is 14.5 Å². The maximum atomic E-state index is 12.9. The number of hydrogen-bond acceptors (Lipinski definition) is 8. The molecule has 2 amide bonds. The monoisotopic (exact) mass is 480 g/mol. The molecule has 35 heavy (non-hydrogen) atoms. The lowest BCUT2D eigenvalue weighted by Gasteiger charge is -2.57. The number of carbonyl (C=O) groups is 2. The van der Waals surface area contributed by atoms with E-state index >= 15 is 0 Å². The second-order valence-corrected chi connectivity index (χ2v) is 10.2. The lowest BCUT2D eigenvalue weighted by molar-refractivity contribution is -0.0849. The average molecular weight is 481 g/mol. The summed E-state index contributed by atoms with van der Waals surface area (Å²) in [6, 6.07) is 3.63. The fourth-order valence-electron chi connectivity index (χ4n) is 4.90. The standard InChI is InChI=1S/C24H28N6O5/c1-23(2,33)13-34-15-3-4-18-17(11-28-30(18)12-15)21(32)29-14-7-24(8-14)9-16(10-24)35-22-19(20(25)31)26-5-6-27-22/h3-6,11-12,14,16,33H,7-10,13H2,1-2H3,(H2,25,31)(H,29,32). The second-order valence-electron chi connectivity index (χ2n) is 10.2. The minimum Gasteiger partial charge on any atom is -0.489 e. The lowest BCUT2D eigenvalue weighted by Crippen LogP contribution is -2.58. The molecule has 1 spiro atoms. The van der Waals surface area contributed by atoms with Gasteiger partial charge in [0.05, 0.1) is 29.1 Å². The zero-order valence-electron chi connectivity index (χ0n) is 19.6. The first-order valence-electron chi connectivity index (χ1n) is 11.5. The Morgan fingerprint density at radius 1 is 1.23 bits per heavy atom. The minimum atomic E-state index is -0.946. The van der Waals surface area contributed by atoms with Crippen molar-refractivity contribution in [2.75, 3.05) is 6.61 Å². The molecule has 2 saturated carbocycles. The van der Waals surface area contributed by atoms with Crippen molar-refractivity contribution in [1.29, 1.82) is 0 Å². The Morgan fingerprint density at radius 2 is 1.97 bits per heavy atom. The molecule has 0 aliphatic heterocycles. The van der Waals surface area contributed by atoms with Crippen LogP contribution in [0.2, 0.25) is 0 Å². The van der Waals surface area contributed by atoms with Crippen molar-refractivity contribution in [3.05, 3.63) is 48.2 Å². The summed E-state index contributed by atoms with van der Waals surface area (Å²) in [6.45, 7) is 3.48.